The van der Waals surface area contributed by atoms with Gasteiger partial charge >= 0.3 is 0 Å². The second-order valence-electron chi connectivity index (χ2n) is 3.62. The van der Waals surface area contributed by atoms with Crippen LogP contribution in [0.2, 0.25) is 0 Å². The third kappa shape index (κ3) is 1.98. The molecule has 1 unspecified atom stereocenters. The van der Waals surface area contributed by atoms with E-state index in [-0.39, 0.29) is 11.9 Å². The number of furan rings is 1. The molecular weight excluding hydrogens is 202 g/mol. The second kappa shape index (κ2) is 4.23. The van der Waals surface area contributed by atoms with Crippen molar-refractivity contribution in [2.24, 2.45) is 0 Å². The fraction of sp³-hybridized carbons (Fsp3) is 0.154. The molecule has 2 rings (SSSR count). The Bertz CT molecular complexity index is 494. The van der Waals surface area contributed by atoms with E-state index in [0.29, 0.717) is 0 Å². The lowest BCUT2D eigenvalue weighted by Gasteiger charge is -2.08. The number of hydrogen-bond donors (Lipinski definition) is 1. The first-order valence-electron chi connectivity index (χ1n) is 5.12. The zero-order valence-corrected chi connectivity index (χ0v) is 9.07. The smallest absolute Gasteiger partial charge is 0.243 e. The summed E-state index contributed by atoms with van der Waals surface area (Å²) in [6, 6.07) is 9.53. The summed E-state index contributed by atoms with van der Waals surface area (Å²) < 4.78 is 5.63. The van der Waals surface area contributed by atoms with Crippen LogP contribution in [0.4, 0.5) is 0 Å². The first-order chi connectivity index (χ1) is 7.70. The number of nitrogens with one attached hydrogen (secondary N) is 1. The number of carbonyl (C=O) groups excluding carboxylic acids is 1. The fourth-order valence-electron chi connectivity index (χ4n) is 1.56. The van der Waals surface area contributed by atoms with E-state index in [1.165, 1.54) is 6.08 Å². The number of amides is 1. The predicted octanol–water partition coefficient (Wildman–Crippen LogP) is 2.80. The quantitative estimate of drug-likeness (QED) is 0.800. The summed E-state index contributed by atoms with van der Waals surface area (Å²) in [5.74, 6) is 0.546. The molecule has 0 bridgehead atoms. The Balaban J connectivity index is 2.26. The lowest BCUT2D eigenvalue weighted by atomic mass is 10.2. The van der Waals surface area contributed by atoms with Gasteiger partial charge in [-0.05, 0) is 25.1 Å². The van der Waals surface area contributed by atoms with Gasteiger partial charge in [0.2, 0.25) is 5.91 Å². The van der Waals surface area contributed by atoms with Crippen LogP contribution in [0.25, 0.3) is 11.0 Å². The lowest BCUT2D eigenvalue weighted by molar-refractivity contribution is -0.117. The Morgan fingerprint density at radius 1 is 1.50 bits per heavy atom. The van der Waals surface area contributed by atoms with Gasteiger partial charge in [0.25, 0.3) is 0 Å². The van der Waals surface area contributed by atoms with Crippen LogP contribution in [0.3, 0.4) is 0 Å². The van der Waals surface area contributed by atoms with E-state index < -0.39 is 0 Å². The van der Waals surface area contributed by atoms with Gasteiger partial charge in [-0.3, -0.25) is 4.79 Å². The molecule has 3 heteroatoms. The third-order valence-electron chi connectivity index (χ3n) is 2.42. The summed E-state index contributed by atoms with van der Waals surface area (Å²) >= 11 is 0. The van der Waals surface area contributed by atoms with Gasteiger partial charge in [0.15, 0.2) is 0 Å². The van der Waals surface area contributed by atoms with Crippen LogP contribution in [0, 0.1) is 0 Å². The van der Waals surface area contributed by atoms with E-state index in [9.17, 15) is 4.79 Å². The van der Waals surface area contributed by atoms with Gasteiger partial charge in [0, 0.05) is 5.39 Å². The van der Waals surface area contributed by atoms with Crippen molar-refractivity contribution >= 4 is 16.9 Å². The molecule has 3 nitrogen and oxygen atoms in total. The number of para-hydroxylation sites is 1. The van der Waals surface area contributed by atoms with Crippen molar-refractivity contribution < 1.29 is 9.21 Å². The number of hydrogen-bond acceptors (Lipinski definition) is 2. The molecule has 0 saturated carbocycles. The summed E-state index contributed by atoms with van der Waals surface area (Å²) in [5, 5.41) is 3.80. The topological polar surface area (TPSA) is 42.2 Å². The summed E-state index contributed by atoms with van der Waals surface area (Å²) in [6.07, 6.45) is 1.25. The summed E-state index contributed by atoms with van der Waals surface area (Å²) in [6.45, 7) is 5.28. The normalized spacial score (nSPS) is 12.3. The van der Waals surface area contributed by atoms with Crippen LogP contribution in [-0.2, 0) is 4.79 Å². The number of rotatable bonds is 3. The van der Waals surface area contributed by atoms with Gasteiger partial charge < -0.3 is 9.73 Å². The van der Waals surface area contributed by atoms with E-state index in [0.717, 1.165) is 16.7 Å². The molecule has 0 radical (unpaired) electrons. The van der Waals surface area contributed by atoms with Crippen molar-refractivity contribution in [3.05, 3.63) is 48.7 Å². The van der Waals surface area contributed by atoms with E-state index >= 15 is 0 Å². The Kier molecular flexibility index (Phi) is 2.77. The maximum atomic E-state index is 11.1. The molecule has 0 fully saturated rings. The highest BCUT2D eigenvalue weighted by atomic mass is 16.3. The van der Waals surface area contributed by atoms with Crippen LogP contribution in [0.1, 0.15) is 18.7 Å². The molecule has 2 aromatic rings. The van der Waals surface area contributed by atoms with Gasteiger partial charge in [-0.15, -0.1) is 0 Å². The SMILES string of the molecule is C=CC(=O)NC(C)c1cc2ccccc2o1. The molecule has 82 valence electrons. The highest BCUT2D eigenvalue weighted by molar-refractivity contribution is 5.87. The van der Waals surface area contributed by atoms with E-state index in [1.807, 2.05) is 37.3 Å². The molecule has 1 atom stereocenters. The van der Waals surface area contributed by atoms with Gasteiger partial charge in [-0.1, -0.05) is 24.8 Å². The molecular formula is C13H13NO2. The first kappa shape index (κ1) is 10.5. The van der Waals surface area contributed by atoms with Crippen molar-refractivity contribution in [2.45, 2.75) is 13.0 Å². The molecule has 0 saturated heterocycles. The molecule has 1 aromatic carbocycles. The minimum atomic E-state index is -0.201. The molecule has 1 amide bonds. The van der Waals surface area contributed by atoms with Gasteiger partial charge in [-0.2, -0.15) is 0 Å². The predicted molar refractivity (Wildman–Crippen MR) is 63.0 cm³/mol. The zero-order valence-electron chi connectivity index (χ0n) is 9.07. The average Bonchev–Trinajstić information content (AvgIpc) is 2.72. The van der Waals surface area contributed by atoms with Crippen molar-refractivity contribution in [2.75, 3.05) is 0 Å². The van der Waals surface area contributed by atoms with Crippen LogP contribution in [0.5, 0.6) is 0 Å². The minimum Gasteiger partial charge on any atom is -0.459 e. The van der Waals surface area contributed by atoms with Crippen molar-refractivity contribution in [3.8, 4) is 0 Å². The minimum absolute atomic E-state index is 0.155. The van der Waals surface area contributed by atoms with E-state index in [2.05, 4.69) is 11.9 Å². The third-order valence-corrected chi connectivity index (χ3v) is 2.42. The summed E-state index contributed by atoms with van der Waals surface area (Å²) in [5.41, 5.74) is 0.831. The lowest BCUT2D eigenvalue weighted by Crippen LogP contribution is -2.23. The number of carbonyl (C=O) groups is 1. The standard InChI is InChI=1S/C13H13NO2/c1-3-13(15)14-9(2)12-8-10-6-4-5-7-11(10)16-12/h3-9H,1H2,2H3,(H,14,15). The molecule has 1 aromatic heterocycles. The molecule has 0 aliphatic carbocycles. The van der Waals surface area contributed by atoms with Crippen LogP contribution in [-0.4, -0.2) is 5.91 Å². The van der Waals surface area contributed by atoms with Gasteiger partial charge in [0.1, 0.15) is 11.3 Å². The molecule has 1 N–H and O–H groups in total. The van der Waals surface area contributed by atoms with Crippen LogP contribution in [0.15, 0.2) is 47.4 Å². The molecule has 0 spiro atoms. The number of fused-ring (bicyclic) bond motifs is 1. The van der Waals surface area contributed by atoms with Crippen molar-refractivity contribution in [1.29, 1.82) is 0 Å². The monoisotopic (exact) mass is 215 g/mol. The van der Waals surface area contributed by atoms with Crippen LogP contribution < -0.4 is 5.32 Å². The Morgan fingerprint density at radius 3 is 2.94 bits per heavy atom. The maximum absolute atomic E-state index is 11.1. The highest BCUT2D eigenvalue weighted by Crippen LogP contribution is 2.23. The van der Waals surface area contributed by atoms with E-state index in [1.54, 1.807) is 0 Å². The van der Waals surface area contributed by atoms with E-state index in [4.69, 9.17) is 4.42 Å². The van der Waals surface area contributed by atoms with Gasteiger partial charge in [0.05, 0.1) is 6.04 Å². The first-order valence-corrected chi connectivity index (χ1v) is 5.12. The van der Waals surface area contributed by atoms with Crippen molar-refractivity contribution in [1.82, 2.24) is 5.32 Å². The molecule has 0 aliphatic heterocycles. The Hall–Kier alpha value is -2.03. The molecule has 0 aliphatic rings. The largest absolute Gasteiger partial charge is 0.459 e. The maximum Gasteiger partial charge on any atom is 0.243 e. The second-order valence-corrected chi connectivity index (χ2v) is 3.62. The highest BCUT2D eigenvalue weighted by Gasteiger charge is 2.12. The van der Waals surface area contributed by atoms with Crippen LogP contribution >= 0.6 is 0 Å². The average molecular weight is 215 g/mol. The molecule has 1 heterocycles. The summed E-state index contributed by atoms with van der Waals surface area (Å²) in [4.78, 5) is 11.1. The zero-order chi connectivity index (χ0) is 11.5. The number of benzene rings is 1. The summed E-state index contributed by atoms with van der Waals surface area (Å²) in [7, 11) is 0. The molecule has 16 heavy (non-hydrogen) atoms. The van der Waals surface area contributed by atoms with Crippen molar-refractivity contribution in [3.63, 3.8) is 0 Å². The Labute approximate surface area is 93.8 Å². The fourth-order valence-corrected chi connectivity index (χ4v) is 1.56. The van der Waals surface area contributed by atoms with Gasteiger partial charge in [-0.25, -0.2) is 0 Å². The Morgan fingerprint density at radius 2 is 2.25 bits per heavy atom.